The molecule has 0 spiro atoms. The number of hydrogen-bond donors (Lipinski definition) is 0. The summed E-state index contributed by atoms with van der Waals surface area (Å²) in [6.45, 7) is 1.55. The smallest absolute Gasteiger partial charge is 0.166 e. The molecular weight excluding hydrogens is 402 g/mol. The predicted octanol–water partition coefficient (Wildman–Crippen LogP) is 7.95. The first-order valence-corrected chi connectivity index (χ1v) is 7.64. The number of halogens is 8. The first-order valence-electron chi connectivity index (χ1n) is 5.75. The van der Waals surface area contributed by atoms with Crippen molar-refractivity contribution in [2.75, 3.05) is 0 Å². The standard InChI is InChI=1S/C14H6Cl5F3/c1-5-2-3-6(7(4-5)14(20,21)22)8-9(15)11(17)13(19)12(18)10(8)16/h2-4H,1H3. The van der Waals surface area contributed by atoms with Gasteiger partial charge in [-0.3, -0.25) is 0 Å². The fourth-order valence-electron chi connectivity index (χ4n) is 1.95. The molecule has 0 aliphatic carbocycles. The molecule has 0 amide bonds. The summed E-state index contributed by atoms with van der Waals surface area (Å²) in [7, 11) is 0. The Labute approximate surface area is 149 Å². The van der Waals surface area contributed by atoms with Crippen LogP contribution in [0.4, 0.5) is 13.2 Å². The quantitative estimate of drug-likeness (QED) is 0.332. The lowest BCUT2D eigenvalue weighted by Gasteiger charge is -2.18. The minimum absolute atomic E-state index is 0.102. The fourth-order valence-corrected chi connectivity index (χ4v) is 3.29. The second-order valence-corrected chi connectivity index (χ2v) is 6.38. The second-order valence-electron chi connectivity index (χ2n) is 4.49. The van der Waals surface area contributed by atoms with E-state index in [1.807, 2.05) is 0 Å². The van der Waals surface area contributed by atoms with E-state index >= 15 is 0 Å². The summed E-state index contributed by atoms with van der Waals surface area (Å²) in [5.41, 5.74) is -0.760. The minimum atomic E-state index is -4.59. The summed E-state index contributed by atoms with van der Waals surface area (Å²) in [6, 6.07) is 3.78. The van der Waals surface area contributed by atoms with Crippen molar-refractivity contribution in [2.45, 2.75) is 13.1 Å². The van der Waals surface area contributed by atoms with Crippen LogP contribution in [0.5, 0.6) is 0 Å². The summed E-state index contributed by atoms with van der Waals surface area (Å²) >= 11 is 29.8. The first-order chi connectivity index (χ1) is 10.1. The molecule has 0 radical (unpaired) electrons. The summed E-state index contributed by atoms with van der Waals surface area (Å²) < 4.78 is 39.8. The Bertz CT molecular complexity index is 724. The average molecular weight is 408 g/mol. The van der Waals surface area contributed by atoms with E-state index in [0.29, 0.717) is 5.56 Å². The minimum Gasteiger partial charge on any atom is -0.166 e. The van der Waals surface area contributed by atoms with Gasteiger partial charge in [0, 0.05) is 5.56 Å². The van der Waals surface area contributed by atoms with Crippen molar-refractivity contribution < 1.29 is 13.2 Å². The first kappa shape index (κ1) is 18.0. The van der Waals surface area contributed by atoms with Crippen LogP contribution in [0.25, 0.3) is 11.1 Å². The van der Waals surface area contributed by atoms with Gasteiger partial charge >= 0.3 is 6.18 Å². The maximum atomic E-state index is 13.3. The molecule has 0 saturated carbocycles. The van der Waals surface area contributed by atoms with E-state index in [4.69, 9.17) is 58.0 Å². The van der Waals surface area contributed by atoms with Crippen LogP contribution in [0.2, 0.25) is 25.1 Å². The van der Waals surface area contributed by atoms with Crippen molar-refractivity contribution in [3.63, 3.8) is 0 Å². The van der Waals surface area contributed by atoms with E-state index in [1.165, 1.54) is 12.1 Å². The molecule has 0 aromatic heterocycles. The van der Waals surface area contributed by atoms with Crippen molar-refractivity contribution >= 4 is 58.0 Å². The lowest BCUT2D eigenvalue weighted by atomic mass is 9.97. The largest absolute Gasteiger partial charge is 0.417 e. The van der Waals surface area contributed by atoms with Crippen LogP contribution in [0.3, 0.4) is 0 Å². The SMILES string of the molecule is Cc1ccc(-c2c(Cl)c(Cl)c(Cl)c(Cl)c2Cl)c(C(F)(F)F)c1. The zero-order valence-corrected chi connectivity index (χ0v) is 14.5. The van der Waals surface area contributed by atoms with Gasteiger partial charge < -0.3 is 0 Å². The van der Waals surface area contributed by atoms with Gasteiger partial charge in [-0.2, -0.15) is 13.2 Å². The molecular formula is C14H6Cl5F3. The fraction of sp³-hybridized carbons (Fsp3) is 0.143. The zero-order chi connectivity index (χ0) is 16.8. The predicted molar refractivity (Wildman–Crippen MR) is 86.7 cm³/mol. The molecule has 0 unspecified atom stereocenters. The molecule has 2 aromatic rings. The summed E-state index contributed by atoms with van der Waals surface area (Å²) in [4.78, 5) is 0. The number of benzene rings is 2. The Hall–Kier alpha value is -0.320. The molecule has 118 valence electrons. The van der Waals surface area contributed by atoms with Crippen molar-refractivity contribution in [1.82, 2.24) is 0 Å². The van der Waals surface area contributed by atoms with Crippen LogP contribution < -0.4 is 0 Å². The third-order valence-electron chi connectivity index (χ3n) is 2.96. The molecule has 0 N–H and O–H groups in total. The van der Waals surface area contributed by atoms with Crippen LogP contribution in [-0.2, 0) is 6.18 Å². The molecule has 22 heavy (non-hydrogen) atoms. The molecule has 2 rings (SSSR count). The van der Waals surface area contributed by atoms with E-state index in [2.05, 4.69) is 0 Å². The average Bonchev–Trinajstić information content (AvgIpc) is 2.43. The van der Waals surface area contributed by atoms with Gasteiger partial charge in [0.25, 0.3) is 0 Å². The van der Waals surface area contributed by atoms with Gasteiger partial charge in [-0.1, -0.05) is 75.7 Å². The Morgan fingerprint density at radius 2 is 1.23 bits per heavy atom. The van der Waals surface area contributed by atoms with Crippen LogP contribution >= 0.6 is 58.0 Å². The lowest BCUT2D eigenvalue weighted by molar-refractivity contribution is -0.137. The molecule has 0 nitrogen and oxygen atoms in total. The van der Waals surface area contributed by atoms with Gasteiger partial charge in [-0.05, 0) is 18.6 Å². The van der Waals surface area contributed by atoms with Gasteiger partial charge in [0.1, 0.15) is 0 Å². The van der Waals surface area contributed by atoms with E-state index in [1.54, 1.807) is 6.92 Å². The third-order valence-corrected chi connectivity index (χ3v) is 5.24. The second kappa shape index (κ2) is 6.29. The maximum Gasteiger partial charge on any atom is 0.417 e. The van der Waals surface area contributed by atoms with Crippen LogP contribution in [0, 0.1) is 6.92 Å². The van der Waals surface area contributed by atoms with Gasteiger partial charge in [0.2, 0.25) is 0 Å². The topological polar surface area (TPSA) is 0 Å². The molecule has 0 saturated heterocycles. The molecule has 0 aliphatic rings. The monoisotopic (exact) mass is 406 g/mol. The number of alkyl halides is 3. The van der Waals surface area contributed by atoms with Crippen LogP contribution in [0.1, 0.15) is 11.1 Å². The van der Waals surface area contributed by atoms with E-state index < -0.39 is 11.7 Å². The maximum absolute atomic E-state index is 13.3. The molecule has 0 fully saturated rings. The lowest BCUT2D eigenvalue weighted by Crippen LogP contribution is -2.08. The highest BCUT2D eigenvalue weighted by Crippen LogP contribution is 2.50. The van der Waals surface area contributed by atoms with Crippen LogP contribution in [0.15, 0.2) is 18.2 Å². The Morgan fingerprint density at radius 1 is 0.773 bits per heavy atom. The van der Waals surface area contributed by atoms with E-state index in [-0.39, 0.29) is 36.2 Å². The molecule has 0 bridgehead atoms. The highest BCUT2D eigenvalue weighted by atomic mass is 35.5. The zero-order valence-electron chi connectivity index (χ0n) is 10.8. The van der Waals surface area contributed by atoms with Gasteiger partial charge in [0.15, 0.2) is 0 Å². The summed E-state index contributed by atoms with van der Waals surface area (Å²) in [6.07, 6.45) is -4.59. The molecule has 0 heterocycles. The summed E-state index contributed by atoms with van der Waals surface area (Å²) in [5, 5.41) is -0.781. The molecule has 0 atom stereocenters. The highest BCUT2D eigenvalue weighted by molar-refractivity contribution is 6.56. The van der Waals surface area contributed by atoms with Crippen LogP contribution in [-0.4, -0.2) is 0 Å². The highest BCUT2D eigenvalue weighted by Gasteiger charge is 2.35. The van der Waals surface area contributed by atoms with E-state index in [0.717, 1.165) is 6.07 Å². The Morgan fingerprint density at radius 3 is 1.68 bits per heavy atom. The van der Waals surface area contributed by atoms with Crippen molar-refractivity contribution in [1.29, 1.82) is 0 Å². The third kappa shape index (κ3) is 3.15. The number of aryl methyl sites for hydroxylation is 1. The van der Waals surface area contributed by atoms with Gasteiger partial charge in [0.05, 0.1) is 30.7 Å². The summed E-state index contributed by atoms with van der Waals surface area (Å²) in [5.74, 6) is 0. The van der Waals surface area contributed by atoms with Gasteiger partial charge in [-0.15, -0.1) is 0 Å². The normalized spacial score (nSPS) is 11.9. The van der Waals surface area contributed by atoms with Crippen molar-refractivity contribution in [2.24, 2.45) is 0 Å². The number of hydrogen-bond acceptors (Lipinski definition) is 0. The van der Waals surface area contributed by atoms with Crippen molar-refractivity contribution in [3.05, 3.63) is 54.4 Å². The Balaban J connectivity index is 2.90. The number of rotatable bonds is 1. The Kier molecular flexibility index (Phi) is 5.15. The molecule has 0 aliphatic heterocycles. The van der Waals surface area contributed by atoms with Gasteiger partial charge in [-0.25, -0.2) is 0 Å². The molecule has 2 aromatic carbocycles. The van der Waals surface area contributed by atoms with E-state index in [9.17, 15) is 13.2 Å². The molecule has 8 heteroatoms. The van der Waals surface area contributed by atoms with Crippen molar-refractivity contribution in [3.8, 4) is 11.1 Å².